The van der Waals surface area contributed by atoms with Crippen LogP contribution in [0.5, 0.6) is 0 Å². The maximum atomic E-state index is 4.32. The van der Waals surface area contributed by atoms with Crippen LogP contribution in [0.2, 0.25) is 0 Å². The highest BCUT2D eigenvalue weighted by Crippen LogP contribution is 2.15. The van der Waals surface area contributed by atoms with Crippen molar-refractivity contribution in [3.8, 4) is 0 Å². The van der Waals surface area contributed by atoms with Crippen molar-refractivity contribution < 1.29 is 0 Å². The molecule has 0 bridgehead atoms. The van der Waals surface area contributed by atoms with Gasteiger partial charge in [-0.25, -0.2) is 4.98 Å². The van der Waals surface area contributed by atoms with Gasteiger partial charge in [-0.15, -0.1) is 11.3 Å². The zero-order valence-corrected chi connectivity index (χ0v) is 10.0. The first-order valence-electron chi connectivity index (χ1n) is 5.72. The van der Waals surface area contributed by atoms with Crippen LogP contribution in [-0.4, -0.2) is 24.1 Å². The molecule has 1 aliphatic rings. The Hall–Kier alpha value is -0.450. The number of thiazole rings is 1. The van der Waals surface area contributed by atoms with E-state index >= 15 is 0 Å². The number of hydrogen-bond donors (Lipinski definition) is 2. The fourth-order valence-electron chi connectivity index (χ4n) is 1.95. The van der Waals surface area contributed by atoms with E-state index in [9.17, 15) is 0 Å². The van der Waals surface area contributed by atoms with Gasteiger partial charge in [0.2, 0.25) is 0 Å². The molecule has 2 heterocycles. The first-order chi connectivity index (χ1) is 7.36. The van der Waals surface area contributed by atoms with Crippen molar-refractivity contribution in [2.45, 2.75) is 38.3 Å². The summed E-state index contributed by atoms with van der Waals surface area (Å²) in [6.07, 6.45) is 5.87. The third kappa shape index (κ3) is 3.26. The molecule has 1 aromatic rings. The van der Waals surface area contributed by atoms with Gasteiger partial charge in [0.15, 0.2) is 0 Å². The zero-order valence-electron chi connectivity index (χ0n) is 9.20. The van der Waals surface area contributed by atoms with Crippen LogP contribution in [0.15, 0.2) is 11.6 Å². The molecule has 1 fully saturated rings. The maximum absolute atomic E-state index is 4.32. The Labute approximate surface area is 95.3 Å². The molecule has 2 atom stereocenters. The molecular formula is C11H19N3S. The number of nitrogens with zero attached hydrogens (tertiary/aromatic N) is 1. The predicted octanol–water partition coefficient (Wildman–Crippen LogP) is 1.94. The first-order valence-corrected chi connectivity index (χ1v) is 6.60. The van der Waals surface area contributed by atoms with Gasteiger partial charge in [0.05, 0.1) is 6.04 Å². The number of piperidine rings is 1. The Balaban J connectivity index is 1.73. The van der Waals surface area contributed by atoms with Crippen molar-refractivity contribution in [2.24, 2.45) is 0 Å². The van der Waals surface area contributed by atoms with Crippen molar-refractivity contribution in [1.82, 2.24) is 15.6 Å². The summed E-state index contributed by atoms with van der Waals surface area (Å²) in [5.41, 5.74) is 0. The molecule has 0 spiro atoms. The molecule has 2 rings (SSSR count). The minimum Gasteiger partial charge on any atom is -0.313 e. The van der Waals surface area contributed by atoms with Gasteiger partial charge >= 0.3 is 0 Å². The average molecular weight is 225 g/mol. The summed E-state index contributed by atoms with van der Waals surface area (Å²) in [7, 11) is 0. The van der Waals surface area contributed by atoms with Crippen molar-refractivity contribution in [3.05, 3.63) is 16.6 Å². The minimum absolute atomic E-state index is 0.383. The lowest BCUT2D eigenvalue weighted by atomic mass is 10.1. The van der Waals surface area contributed by atoms with Crippen LogP contribution in [0.3, 0.4) is 0 Å². The summed E-state index contributed by atoms with van der Waals surface area (Å²) in [5, 5.41) is 10.3. The molecule has 84 valence electrons. The van der Waals surface area contributed by atoms with Gasteiger partial charge < -0.3 is 10.6 Å². The van der Waals surface area contributed by atoms with E-state index in [1.165, 1.54) is 30.8 Å². The molecule has 0 amide bonds. The summed E-state index contributed by atoms with van der Waals surface area (Å²) in [5.74, 6) is 0. The molecule has 1 saturated heterocycles. The van der Waals surface area contributed by atoms with Gasteiger partial charge in [-0.2, -0.15) is 0 Å². The van der Waals surface area contributed by atoms with Crippen LogP contribution in [-0.2, 0) is 0 Å². The van der Waals surface area contributed by atoms with E-state index in [0.29, 0.717) is 12.1 Å². The second-order valence-corrected chi connectivity index (χ2v) is 5.07. The molecule has 3 nitrogen and oxygen atoms in total. The highest BCUT2D eigenvalue weighted by atomic mass is 32.1. The Morgan fingerprint density at radius 3 is 3.27 bits per heavy atom. The van der Waals surface area contributed by atoms with Crippen LogP contribution < -0.4 is 10.6 Å². The van der Waals surface area contributed by atoms with Gasteiger partial charge in [0.25, 0.3) is 0 Å². The lowest BCUT2D eigenvalue weighted by Crippen LogP contribution is -2.42. The van der Waals surface area contributed by atoms with E-state index in [-0.39, 0.29) is 0 Å². The van der Waals surface area contributed by atoms with Gasteiger partial charge in [0.1, 0.15) is 5.01 Å². The largest absolute Gasteiger partial charge is 0.313 e. The predicted molar refractivity (Wildman–Crippen MR) is 64.2 cm³/mol. The van der Waals surface area contributed by atoms with Crippen molar-refractivity contribution in [3.63, 3.8) is 0 Å². The summed E-state index contributed by atoms with van der Waals surface area (Å²) in [6, 6.07) is 1.04. The second kappa shape index (κ2) is 5.58. The highest BCUT2D eigenvalue weighted by Gasteiger charge is 2.14. The van der Waals surface area contributed by atoms with Crippen LogP contribution in [0.1, 0.15) is 37.2 Å². The first kappa shape index (κ1) is 11.0. The summed E-state index contributed by atoms with van der Waals surface area (Å²) < 4.78 is 0. The standard InChI is InChI=1S/C11H19N3S/c1-9(11-13-6-7-15-11)14-8-10-4-2-3-5-12-10/h6-7,9-10,12,14H,2-5,8H2,1H3/t9-,10-/m1/s1. The van der Waals surface area contributed by atoms with Crippen molar-refractivity contribution in [2.75, 3.05) is 13.1 Å². The van der Waals surface area contributed by atoms with Gasteiger partial charge in [-0.1, -0.05) is 6.42 Å². The summed E-state index contributed by atoms with van der Waals surface area (Å²) in [4.78, 5) is 4.32. The Morgan fingerprint density at radius 1 is 1.67 bits per heavy atom. The van der Waals surface area contributed by atoms with Gasteiger partial charge in [0, 0.05) is 24.2 Å². The average Bonchev–Trinajstić information content (AvgIpc) is 2.81. The van der Waals surface area contributed by atoms with Gasteiger partial charge in [-0.3, -0.25) is 0 Å². The molecule has 0 radical (unpaired) electrons. The molecule has 1 aliphatic heterocycles. The molecule has 0 saturated carbocycles. The monoisotopic (exact) mass is 225 g/mol. The normalized spacial score (nSPS) is 23.9. The Kier molecular flexibility index (Phi) is 4.11. The number of aromatic nitrogens is 1. The quantitative estimate of drug-likeness (QED) is 0.822. The minimum atomic E-state index is 0.383. The fraction of sp³-hybridized carbons (Fsp3) is 0.727. The Morgan fingerprint density at radius 2 is 2.60 bits per heavy atom. The molecule has 1 aromatic heterocycles. The van der Waals surface area contributed by atoms with Crippen LogP contribution in [0.4, 0.5) is 0 Å². The lowest BCUT2D eigenvalue weighted by Gasteiger charge is -2.25. The van der Waals surface area contributed by atoms with Gasteiger partial charge in [-0.05, 0) is 26.3 Å². The van der Waals surface area contributed by atoms with E-state index in [1.54, 1.807) is 11.3 Å². The topological polar surface area (TPSA) is 37.0 Å². The zero-order chi connectivity index (χ0) is 10.5. The van der Waals surface area contributed by atoms with Crippen LogP contribution in [0.25, 0.3) is 0 Å². The number of hydrogen-bond acceptors (Lipinski definition) is 4. The molecule has 2 N–H and O–H groups in total. The van der Waals surface area contributed by atoms with E-state index < -0.39 is 0 Å². The fourth-order valence-corrected chi connectivity index (χ4v) is 2.62. The molecular weight excluding hydrogens is 206 g/mol. The number of rotatable bonds is 4. The Bertz CT molecular complexity index is 267. The van der Waals surface area contributed by atoms with E-state index in [2.05, 4.69) is 22.5 Å². The molecule has 0 unspecified atom stereocenters. The molecule has 4 heteroatoms. The highest BCUT2D eigenvalue weighted by molar-refractivity contribution is 7.09. The number of nitrogens with one attached hydrogen (secondary N) is 2. The summed E-state index contributed by atoms with van der Waals surface area (Å²) in [6.45, 7) is 4.42. The SMILES string of the molecule is C[C@@H](NC[C@H]1CCCCN1)c1nccs1. The van der Waals surface area contributed by atoms with Crippen molar-refractivity contribution >= 4 is 11.3 Å². The van der Waals surface area contributed by atoms with E-state index in [4.69, 9.17) is 0 Å². The molecule has 0 aliphatic carbocycles. The molecule has 15 heavy (non-hydrogen) atoms. The van der Waals surface area contributed by atoms with E-state index in [1.807, 2.05) is 11.6 Å². The van der Waals surface area contributed by atoms with Crippen molar-refractivity contribution in [1.29, 1.82) is 0 Å². The maximum Gasteiger partial charge on any atom is 0.109 e. The van der Waals surface area contributed by atoms with Crippen LogP contribution >= 0.6 is 11.3 Å². The smallest absolute Gasteiger partial charge is 0.109 e. The molecule has 0 aromatic carbocycles. The third-order valence-electron chi connectivity index (χ3n) is 2.90. The van der Waals surface area contributed by atoms with E-state index in [0.717, 1.165) is 6.54 Å². The lowest BCUT2D eigenvalue weighted by molar-refractivity contribution is 0.371. The second-order valence-electron chi connectivity index (χ2n) is 4.15. The summed E-state index contributed by atoms with van der Waals surface area (Å²) >= 11 is 1.72. The third-order valence-corrected chi connectivity index (χ3v) is 3.86. The van der Waals surface area contributed by atoms with Crippen LogP contribution in [0, 0.1) is 0 Å².